The van der Waals surface area contributed by atoms with Crippen LogP contribution >= 0.6 is 19.5 Å². The molecule has 0 heterocycles. The average Bonchev–Trinajstić information content (AvgIpc) is 2.75. The first-order chi connectivity index (χ1) is 14.8. The third-order valence-corrected chi connectivity index (χ3v) is 6.26. The number of ether oxygens (including phenoxy) is 5. The van der Waals surface area contributed by atoms with E-state index in [0.29, 0.717) is 13.2 Å². The Morgan fingerprint density at radius 2 is 1.52 bits per heavy atom. The summed E-state index contributed by atoms with van der Waals surface area (Å²) >= 11 is 5.15. The van der Waals surface area contributed by atoms with Gasteiger partial charge in [-0.3, -0.25) is 4.57 Å². The van der Waals surface area contributed by atoms with Gasteiger partial charge >= 0.3 is 24.9 Å². The molecular formula is C18H34ClO11P. The minimum Gasteiger partial charge on any atom is -0.461 e. The van der Waals surface area contributed by atoms with E-state index in [1.807, 2.05) is 13.8 Å². The number of carbonyl (C=O) groups excluding carboxylic acids is 2. The van der Waals surface area contributed by atoms with E-state index in [0.717, 1.165) is 39.9 Å². The topological polar surface area (TPSA) is 136 Å². The Morgan fingerprint density at radius 1 is 0.968 bits per heavy atom. The van der Waals surface area contributed by atoms with Crippen LogP contribution in [-0.4, -0.2) is 82.1 Å². The monoisotopic (exact) mass is 492 g/mol. The molecule has 0 radical (unpaired) electrons. The van der Waals surface area contributed by atoms with Gasteiger partial charge in [0.2, 0.25) is 6.10 Å². The molecule has 184 valence electrons. The zero-order valence-corrected chi connectivity index (χ0v) is 20.2. The van der Waals surface area contributed by atoms with Crippen LogP contribution in [0, 0.1) is 0 Å². The quantitative estimate of drug-likeness (QED) is 0.162. The summed E-state index contributed by atoms with van der Waals surface area (Å²) in [6.45, 7) is 4.41. The maximum absolute atomic E-state index is 13.0. The van der Waals surface area contributed by atoms with E-state index < -0.39 is 31.0 Å². The number of methoxy groups -OCH3 is 2. The SMILES string of the molecule is CCCCOCCOC(=O)C(OC)C(OC)(C(=O)OCl)P(=O)(O)OCCOCCCC. The van der Waals surface area contributed by atoms with Crippen molar-refractivity contribution in [1.82, 2.24) is 0 Å². The highest BCUT2D eigenvalue weighted by atomic mass is 35.5. The minimum atomic E-state index is -5.06. The highest BCUT2D eigenvalue weighted by Gasteiger charge is 2.67. The van der Waals surface area contributed by atoms with E-state index >= 15 is 0 Å². The van der Waals surface area contributed by atoms with Crippen LogP contribution in [0.25, 0.3) is 0 Å². The third kappa shape index (κ3) is 9.31. The van der Waals surface area contributed by atoms with Crippen LogP contribution in [0.1, 0.15) is 39.5 Å². The minimum absolute atomic E-state index is 0.0303. The van der Waals surface area contributed by atoms with Crippen molar-refractivity contribution < 1.29 is 51.5 Å². The molecule has 0 amide bonds. The van der Waals surface area contributed by atoms with Gasteiger partial charge in [-0.05, 0) is 12.8 Å². The molecule has 0 aliphatic heterocycles. The van der Waals surface area contributed by atoms with Crippen LogP contribution in [0.15, 0.2) is 0 Å². The summed E-state index contributed by atoms with van der Waals surface area (Å²) in [5, 5.41) is -2.92. The van der Waals surface area contributed by atoms with Gasteiger partial charge in [-0.1, -0.05) is 26.7 Å². The van der Waals surface area contributed by atoms with Gasteiger partial charge in [0, 0.05) is 27.4 Å². The maximum atomic E-state index is 13.0. The number of esters is 1. The van der Waals surface area contributed by atoms with Crippen molar-refractivity contribution in [3.05, 3.63) is 0 Å². The zero-order valence-electron chi connectivity index (χ0n) is 18.5. The molecule has 0 saturated heterocycles. The first kappa shape index (κ1) is 30.2. The van der Waals surface area contributed by atoms with E-state index in [1.54, 1.807) is 0 Å². The molecule has 3 unspecified atom stereocenters. The van der Waals surface area contributed by atoms with Crippen LogP contribution in [-0.2, 0) is 46.7 Å². The van der Waals surface area contributed by atoms with Crippen molar-refractivity contribution in [2.75, 3.05) is 53.9 Å². The molecule has 1 N–H and O–H groups in total. The van der Waals surface area contributed by atoms with Gasteiger partial charge in [-0.15, -0.1) is 0 Å². The van der Waals surface area contributed by atoms with Gasteiger partial charge in [0.15, 0.2) is 0 Å². The lowest BCUT2D eigenvalue weighted by Gasteiger charge is -2.35. The first-order valence-corrected chi connectivity index (χ1v) is 11.9. The van der Waals surface area contributed by atoms with Crippen molar-refractivity contribution >= 4 is 31.4 Å². The zero-order chi connectivity index (χ0) is 23.8. The number of hydrogen-bond donors (Lipinski definition) is 1. The van der Waals surface area contributed by atoms with Gasteiger partial charge < -0.3 is 37.4 Å². The molecule has 0 saturated carbocycles. The van der Waals surface area contributed by atoms with E-state index in [9.17, 15) is 19.0 Å². The number of carbonyl (C=O) groups is 2. The van der Waals surface area contributed by atoms with Crippen molar-refractivity contribution in [2.45, 2.75) is 51.0 Å². The van der Waals surface area contributed by atoms with Gasteiger partial charge in [0.25, 0.3) is 0 Å². The van der Waals surface area contributed by atoms with Crippen LogP contribution in [0.5, 0.6) is 0 Å². The molecule has 0 aliphatic rings. The molecule has 0 spiro atoms. The first-order valence-electron chi connectivity index (χ1n) is 9.99. The Bertz CT molecular complexity index is 563. The molecule has 11 nitrogen and oxygen atoms in total. The second-order valence-electron chi connectivity index (χ2n) is 6.33. The molecule has 0 aromatic rings. The second-order valence-corrected chi connectivity index (χ2v) is 8.45. The van der Waals surface area contributed by atoms with Crippen LogP contribution in [0.3, 0.4) is 0 Å². The number of rotatable bonds is 19. The molecular weight excluding hydrogens is 459 g/mol. The third-order valence-electron chi connectivity index (χ3n) is 4.15. The highest BCUT2D eigenvalue weighted by molar-refractivity contribution is 7.55. The maximum Gasteiger partial charge on any atom is 0.374 e. The molecule has 0 aromatic carbocycles. The molecule has 0 aliphatic carbocycles. The van der Waals surface area contributed by atoms with Crippen molar-refractivity contribution in [1.29, 1.82) is 0 Å². The van der Waals surface area contributed by atoms with E-state index in [2.05, 4.69) is 4.29 Å². The summed E-state index contributed by atoms with van der Waals surface area (Å²) in [7, 11) is -3.13. The predicted molar refractivity (Wildman–Crippen MR) is 111 cm³/mol. The summed E-state index contributed by atoms with van der Waals surface area (Å²) in [5.74, 6) is -2.72. The Hall–Kier alpha value is -0.780. The van der Waals surface area contributed by atoms with Gasteiger partial charge in [-0.2, -0.15) is 0 Å². The predicted octanol–water partition coefficient (Wildman–Crippen LogP) is 2.42. The Kier molecular flexibility index (Phi) is 16.4. The molecule has 31 heavy (non-hydrogen) atoms. The fourth-order valence-corrected chi connectivity index (χ4v) is 4.13. The normalized spacial score (nSPS) is 16.2. The fourth-order valence-electron chi connectivity index (χ4n) is 2.44. The summed E-state index contributed by atoms with van der Waals surface area (Å²) in [6.07, 6.45) is 1.48. The van der Waals surface area contributed by atoms with Gasteiger partial charge in [-0.25, -0.2) is 9.59 Å². The highest BCUT2D eigenvalue weighted by Crippen LogP contribution is 2.59. The Morgan fingerprint density at radius 3 is 1.97 bits per heavy atom. The number of hydrogen-bond acceptors (Lipinski definition) is 10. The Balaban J connectivity index is 5.33. The van der Waals surface area contributed by atoms with Gasteiger partial charge in [0.1, 0.15) is 18.5 Å². The standard InChI is InChI=1S/C18H34ClO11P/c1-5-7-9-26-11-13-28-16(20)15(24-3)18(25-4,17(21)30-19)31(22,23)29-14-12-27-10-8-6-2/h15H,5-14H2,1-4H3,(H,22,23). The lowest BCUT2D eigenvalue weighted by atomic mass is 10.2. The van der Waals surface area contributed by atoms with E-state index in [-0.39, 0.29) is 26.4 Å². The largest absolute Gasteiger partial charge is 0.461 e. The Labute approximate surface area is 188 Å². The molecule has 0 aromatic heterocycles. The lowest BCUT2D eigenvalue weighted by Crippen LogP contribution is -2.56. The molecule has 13 heteroatoms. The summed E-state index contributed by atoms with van der Waals surface area (Å²) in [6, 6.07) is 0. The van der Waals surface area contributed by atoms with Crippen LogP contribution in [0.2, 0.25) is 0 Å². The van der Waals surface area contributed by atoms with E-state index in [4.69, 9.17) is 40.1 Å². The smallest absolute Gasteiger partial charge is 0.374 e. The number of halogens is 1. The molecule has 0 bridgehead atoms. The molecule has 3 atom stereocenters. The van der Waals surface area contributed by atoms with Crippen molar-refractivity contribution in [3.8, 4) is 0 Å². The summed E-state index contributed by atoms with van der Waals surface area (Å²) < 4.78 is 47.6. The van der Waals surface area contributed by atoms with Crippen molar-refractivity contribution in [2.24, 2.45) is 0 Å². The summed E-state index contributed by atoms with van der Waals surface area (Å²) in [5.41, 5.74) is 0. The molecule has 0 rings (SSSR count). The molecule has 0 fully saturated rings. The second kappa shape index (κ2) is 16.8. The van der Waals surface area contributed by atoms with Gasteiger partial charge in [0.05, 0.1) is 19.8 Å². The van der Waals surface area contributed by atoms with E-state index in [1.165, 1.54) is 0 Å². The number of unbranched alkanes of at least 4 members (excludes halogenated alkanes) is 2. The van der Waals surface area contributed by atoms with Crippen LogP contribution < -0.4 is 0 Å². The van der Waals surface area contributed by atoms with Crippen LogP contribution in [0.4, 0.5) is 0 Å². The fraction of sp³-hybridized carbons (Fsp3) is 0.889. The average molecular weight is 493 g/mol. The summed E-state index contributed by atoms with van der Waals surface area (Å²) in [4.78, 5) is 35.5. The lowest BCUT2D eigenvalue weighted by molar-refractivity contribution is -0.182. The van der Waals surface area contributed by atoms with Crippen molar-refractivity contribution in [3.63, 3.8) is 0 Å².